The number of nitrogens with zero attached hydrogens (tertiary/aromatic N) is 2. The molecule has 8 rings (SSSR count). The van der Waals surface area contributed by atoms with E-state index >= 15 is 0 Å². The lowest BCUT2D eigenvalue weighted by atomic mass is 9.77. The van der Waals surface area contributed by atoms with Crippen LogP contribution in [-0.2, 0) is 5.54 Å². The van der Waals surface area contributed by atoms with Crippen molar-refractivity contribution in [2.75, 3.05) is 6.61 Å². The lowest BCUT2D eigenvalue weighted by molar-refractivity contribution is -0.765. The Morgan fingerprint density at radius 1 is 0.702 bits per heavy atom. The van der Waals surface area contributed by atoms with E-state index in [0.29, 0.717) is 6.61 Å². The molecule has 0 saturated carbocycles. The summed E-state index contributed by atoms with van der Waals surface area (Å²) in [7, 11) is 0. The number of unbranched alkanes of at least 4 members (excludes halogenated alkanes) is 1. The highest BCUT2D eigenvalue weighted by Gasteiger charge is 2.59. The molecule has 0 spiro atoms. The molecule has 4 heteroatoms. The molecule has 2 aromatic heterocycles. The fourth-order valence-corrected chi connectivity index (χ4v) is 7.70. The SMILES string of the molecule is CCCCC1(C)Oc2cccc3ccc(C)[n+](c23)C1(C)COc1ccc(-c2ccc(-n3c4ccccc4c4ccccc43)cc2)cc1. The van der Waals surface area contributed by atoms with Gasteiger partial charge in [-0.15, -0.1) is 0 Å². The third kappa shape index (κ3) is 4.69. The van der Waals surface area contributed by atoms with Gasteiger partial charge in [-0.1, -0.05) is 80.1 Å². The predicted molar refractivity (Wildman–Crippen MR) is 193 cm³/mol. The van der Waals surface area contributed by atoms with Gasteiger partial charge in [0, 0.05) is 36.4 Å². The molecule has 3 heterocycles. The molecule has 0 aliphatic carbocycles. The molecule has 0 amide bonds. The lowest BCUT2D eigenvalue weighted by Crippen LogP contribution is -2.74. The number of rotatable bonds is 8. The van der Waals surface area contributed by atoms with Crippen molar-refractivity contribution >= 4 is 32.7 Å². The van der Waals surface area contributed by atoms with Gasteiger partial charge in [-0.25, -0.2) is 0 Å². The summed E-state index contributed by atoms with van der Waals surface area (Å²) < 4.78 is 18.4. The fraction of sp³-hybridized carbons (Fsp3) is 0.233. The van der Waals surface area contributed by atoms with Crippen LogP contribution < -0.4 is 14.0 Å². The Hall–Kier alpha value is -5.09. The van der Waals surface area contributed by atoms with Crippen molar-refractivity contribution in [2.24, 2.45) is 0 Å². The topological polar surface area (TPSA) is 27.3 Å². The van der Waals surface area contributed by atoms with Crippen molar-refractivity contribution in [2.45, 2.75) is 58.1 Å². The Morgan fingerprint density at radius 2 is 1.34 bits per heavy atom. The first-order valence-corrected chi connectivity index (χ1v) is 16.9. The maximum absolute atomic E-state index is 6.91. The largest absolute Gasteiger partial charge is 0.486 e. The van der Waals surface area contributed by atoms with E-state index in [1.165, 1.54) is 38.4 Å². The Morgan fingerprint density at radius 3 is 2.00 bits per heavy atom. The second-order valence-electron chi connectivity index (χ2n) is 13.4. The van der Waals surface area contributed by atoms with Crippen LogP contribution in [0.4, 0.5) is 0 Å². The summed E-state index contributed by atoms with van der Waals surface area (Å²) in [4.78, 5) is 0. The number of fused-ring (bicyclic) bond motifs is 3. The van der Waals surface area contributed by atoms with Gasteiger partial charge in [-0.05, 0) is 85.5 Å². The van der Waals surface area contributed by atoms with Crippen molar-refractivity contribution < 1.29 is 14.0 Å². The molecule has 2 unspecified atom stereocenters. The summed E-state index contributed by atoms with van der Waals surface area (Å²) in [5.41, 5.74) is 7.45. The Labute approximate surface area is 276 Å². The van der Waals surface area contributed by atoms with Crippen molar-refractivity contribution in [3.05, 3.63) is 133 Å². The molecule has 4 nitrogen and oxygen atoms in total. The normalized spacial score (nSPS) is 18.9. The minimum atomic E-state index is -0.431. The second kappa shape index (κ2) is 11.3. The quantitative estimate of drug-likeness (QED) is 0.159. The number of aromatic nitrogens is 2. The van der Waals surface area contributed by atoms with Gasteiger partial charge in [0.15, 0.2) is 23.7 Å². The molecule has 0 saturated heterocycles. The van der Waals surface area contributed by atoms with Crippen molar-refractivity contribution in [3.63, 3.8) is 0 Å². The van der Waals surface area contributed by atoms with Gasteiger partial charge in [0.05, 0.1) is 16.4 Å². The zero-order chi connectivity index (χ0) is 32.2. The van der Waals surface area contributed by atoms with E-state index in [2.05, 4.69) is 164 Å². The standard InChI is InChI=1S/C43H41N2O2/c1-5-6-28-43(4)42(3,45-30(2)18-19-33-12-11-17-40(47-43)41(33)45)29-46-35-26-22-32(23-27-35)31-20-24-34(25-21-31)44-38-15-9-7-13-36(38)37-14-8-10-16-39(37)44/h7-27H,5-6,28-29H2,1-4H3/q+1. The average Bonchev–Trinajstić information content (AvgIpc) is 3.44. The molecule has 47 heavy (non-hydrogen) atoms. The van der Waals surface area contributed by atoms with Gasteiger partial charge in [-0.2, -0.15) is 4.57 Å². The highest BCUT2D eigenvalue weighted by Crippen LogP contribution is 2.43. The number of hydrogen-bond acceptors (Lipinski definition) is 2. The molecular weight excluding hydrogens is 576 g/mol. The minimum Gasteiger partial charge on any atom is -0.486 e. The fourth-order valence-electron chi connectivity index (χ4n) is 7.70. The van der Waals surface area contributed by atoms with Crippen LogP contribution in [0.15, 0.2) is 127 Å². The Kier molecular flexibility index (Phi) is 7.05. The van der Waals surface area contributed by atoms with Crippen LogP contribution in [0, 0.1) is 6.92 Å². The van der Waals surface area contributed by atoms with E-state index in [1.807, 2.05) is 0 Å². The maximum atomic E-state index is 6.91. The van der Waals surface area contributed by atoms with E-state index in [0.717, 1.165) is 47.5 Å². The van der Waals surface area contributed by atoms with Gasteiger partial charge in [-0.3, -0.25) is 0 Å². The molecule has 2 atom stereocenters. The summed E-state index contributed by atoms with van der Waals surface area (Å²) in [5, 5.41) is 3.73. The summed E-state index contributed by atoms with van der Waals surface area (Å²) in [6.45, 7) is 9.50. The van der Waals surface area contributed by atoms with Gasteiger partial charge < -0.3 is 14.0 Å². The Balaban J connectivity index is 1.07. The third-order valence-corrected chi connectivity index (χ3v) is 10.5. The number of hydrogen-bond donors (Lipinski definition) is 0. The molecule has 1 aliphatic heterocycles. The molecular formula is C43H41N2O2+. The van der Waals surface area contributed by atoms with Crippen molar-refractivity contribution in [1.29, 1.82) is 0 Å². The first-order valence-electron chi connectivity index (χ1n) is 16.9. The summed E-state index contributed by atoms with van der Waals surface area (Å²) in [5.74, 6) is 1.81. The maximum Gasteiger partial charge on any atom is 0.255 e. The third-order valence-electron chi connectivity index (χ3n) is 10.5. The number of ether oxygens (including phenoxy) is 2. The highest BCUT2D eigenvalue weighted by atomic mass is 16.5. The molecule has 5 aromatic carbocycles. The molecule has 0 N–H and O–H groups in total. The molecule has 0 fully saturated rings. The van der Waals surface area contributed by atoms with Crippen LogP contribution in [0.25, 0.3) is 49.5 Å². The first kappa shape index (κ1) is 29.3. The summed E-state index contributed by atoms with van der Waals surface area (Å²) in [6, 6.07) is 45.4. The summed E-state index contributed by atoms with van der Waals surface area (Å²) >= 11 is 0. The first-order chi connectivity index (χ1) is 22.9. The van der Waals surface area contributed by atoms with Gasteiger partial charge in [0.2, 0.25) is 5.54 Å². The lowest BCUT2D eigenvalue weighted by Gasteiger charge is -2.45. The van der Waals surface area contributed by atoms with E-state index < -0.39 is 11.1 Å². The van der Waals surface area contributed by atoms with E-state index in [-0.39, 0.29) is 0 Å². The van der Waals surface area contributed by atoms with Crippen LogP contribution in [0.5, 0.6) is 11.5 Å². The Bertz CT molecular complexity index is 2200. The molecule has 1 aliphatic rings. The highest BCUT2D eigenvalue weighted by molar-refractivity contribution is 6.09. The minimum absolute atomic E-state index is 0.415. The van der Waals surface area contributed by atoms with Crippen LogP contribution >= 0.6 is 0 Å². The van der Waals surface area contributed by atoms with Crippen LogP contribution in [0.3, 0.4) is 0 Å². The zero-order valence-corrected chi connectivity index (χ0v) is 27.7. The van der Waals surface area contributed by atoms with E-state index in [4.69, 9.17) is 9.47 Å². The smallest absolute Gasteiger partial charge is 0.255 e. The molecule has 234 valence electrons. The number of aryl methyl sites for hydroxylation is 1. The van der Waals surface area contributed by atoms with Gasteiger partial charge >= 0.3 is 0 Å². The van der Waals surface area contributed by atoms with Crippen LogP contribution in [0.2, 0.25) is 0 Å². The number of benzene rings is 5. The average molecular weight is 618 g/mol. The molecule has 0 radical (unpaired) electrons. The van der Waals surface area contributed by atoms with Crippen LogP contribution in [-0.4, -0.2) is 16.8 Å². The second-order valence-corrected chi connectivity index (χ2v) is 13.4. The van der Waals surface area contributed by atoms with Crippen molar-refractivity contribution in [1.82, 2.24) is 4.57 Å². The van der Waals surface area contributed by atoms with Crippen LogP contribution in [0.1, 0.15) is 45.7 Å². The molecule has 0 bridgehead atoms. The summed E-state index contributed by atoms with van der Waals surface area (Å²) in [6.07, 6.45) is 3.16. The zero-order valence-electron chi connectivity index (χ0n) is 27.7. The van der Waals surface area contributed by atoms with E-state index in [1.54, 1.807) is 0 Å². The number of para-hydroxylation sites is 3. The van der Waals surface area contributed by atoms with E-state index in [9.17, 15) is 0 Å². The molecule has 7 aromatic rings. The van der Waals surface area contributed by atoms with Gasteiger partial charge in [0.1, 0.15) is 5.75 Å². The number of pyridine rings is 1. The monoisotopic (exact) mass is 617 g/mol. The van der Waals surface area contributed by atoms with Gasteiger partial charge in [0.25, 0.3) is 5.52 Å². The van der Waals surface area contributed by atoms with Crippen molar-refractivity contribution in [3.8, 4) is 28.3 Å². The predicted octanol–water partition coefficient (Wildman–Crippen LogP) is 10.3.